The molecule has 0 fully saturated rings. The largest absolute Gasteiger partial charge is 0.481 e. The first-order valence-corrected chi connectivity index (χ1v) is 5.38. The SMILES string of the molecule is COc1ccc(Cn2ccc(=O)[nH]c2=S)cn1. The fraction of sp³-hybridized carbons (Fsp3) is 0.182. The van der Waals surface area contributed by atoms with E-state index in [4.69, 9.17) is 17.0 Å². The molecule has 0 radical (unpaired) electrons. The number of hydrogen-bond acceptors (Lipinski definition) is 4. The molecule has 0 saturated carbocycles. The summed E-state index contributed by atoms with van der Waals surface area (Å²) < 4.78 is 7.13. The number of ether oxygens (including phenoxy) is 1. The fourth-order valence-corrected chi connectivity index (χ4v) is 1.62. The zero-order valence-electron chi connectivity index (χ0n) is 9.21. The van der Waals surface area contributed by atoms with Crippen molar-refractivity contribution in [1.29, 1.82) is 0 Å². The lowest BCUT2D eigenvalue weighted by molar-refractivity contribution is 0.397. The van der Waals surface area contributed by atoms with Gasteiger partial charge in [0.25, 0.3) is 5.56 Å². The highest BCUT2D eigenvalue weighted by atomic mass is 32.1. The molecule has 17 heavy (non-hydrogen) atoms. The maximum Gasteiger partial charge on any atom is 0.251 e. The monoisotopic (exact) mass is 249 g/mol. The second kappa shape index (κ2) is 4.92. The fourth-order valence-electron chi connectivity index (χ4n) is 1.39. The van der Waals surface area contributed by atoms with Gasteiger partial charge in [0.1, 0.15) is 0 Å². The van der Waals surface area contributed by atoms with Gasteiger partial charge in [0, 0.05) is 24.5 Å². The molecule has 0 aromatic carbocycles. The van der Waals surface area contributed by atoms with Gasteiger partial charge in [-0.25, -0.2) is 4.98 Å². The first-order chi connectivity index (χ1) is 8.19. The van der Waals surface area contributed by atoms with Gasteiger partial charge < -0.3 is 9.30 Å². The van der Waals surface area contributed by atoms with Crippen molar-refractivity contribution < 1.29 is 4.74 Å². The van der Waals surface area contributed by atoms with E-state index in [9.17, 15) is 4.79 Å². The summed E-state index contributed by atoms with van der Waals surface area (Å²) in [5.41, 5.74) is 0.785. The van der Waals surface area contributed by atoms with Gasteiger partial charge in [-0.3, -0.25) is 9.78 Å². The summed E-state index contributed by atoms with van der Waals surface area (Å²) in [4.78, 5) is 17.7. The maximum absolute atomic E-state index is 11.0. The minimum absolute atomic E-state index is 0.195. The van der Waals surface area contributed by atoms with Crippen molar-refractivity contribution in [2.75, 3.05) is 7.11 Å². The summed E-state index contributed by atoms with van der Waals surface area (Å²) in [7, 11) is 1.57. The molecule has 0 amide bonds. The molecule has 5 nitrogen and oxygen atoms in total. The number of nitrogens with one attached hydrogen (secondary N) is 1. The van der Waals surface area contributed by atoms with Crippen LogP contribution in [0.15, 0.2) is 35.4 Å². The van der Waals surface area contributed by atoms with E-state index in [2.05, 4.69) is 9.97 Å². The van der Waals surface area contributed by atoms with Gasteiger partial charge in [-0.2, -0.15) is 0 Å². The van der Waals surface area contributed by atoms with Crippen LogP contribution in [0.25, 0.3) is 0 Å². The van der Waals surface area contributed by atoms with E-state index in [0.717, 1.165) is 5.56 Å². The van der Waals surface area contributed by atoms with Crippen LogP contribution in [0.1, 0.15) is 5.56 Å². The number of aromatic nitrogens is 3. The van der Waals surface area contributed by atoms with Crippen LogP contribution in [0, 0.1) is 4.77 Å². The van der Waals surface area contributed by atoms with Crippen molar-refractivity contribution in [3.8, 4) is 5.88 Å². The van der Waals surface area contributed by atoms with Crippen molar-refractivity contribution in [1.82, 2.24) is 14.5 Å². The molecular weight excluding hydrogens is 238 g/mol. The Kier molecular flexibility index (Phi) is 3.34. The smallest absolute Gasteiger partial charge is 0.251 e. The number of nitrogens with zero attached hydrogens (tertiary/aromatic N) is 2. The van der Waals surface area contributed by atoms with E-state index < -0.39 is 0 Å². The van der Waals surface area contributed by atoms with E-state index in [-0.39, 0.29) is 5.56 Å². The van der Waals surface area contributed by atoms with Crippen molar-refractivity contribution in [2.24, 2.45) is 0 Å². The molecule has 0 atom stereocenters. The van der Waals surface area contributed by atoms with Crippen LogP contribution in [0.3, 0.4) is 0 Å². The molecular formula is C11H11N3O2S. The lowest BCUT2D eigenvalue weighted by atomic mass is 10.3. The lowest BCUT2D eigenvalue weighted by Crippen LogP contribution is -2.11. The highest BCUT2D eigenvalue weighted by molar-refractivity contribution is 7.71. The Morgan fingerprint density at radius 1 is 1.47 bits per heavy atom. The summed E-state index contributed by atoms with van der Waals surface area (Å²) in [5, 5.41) is 0. The molecule has 1 N–H and O–H groups in total. The third kappa shape index (κ3) is 2.79. The molecule has 0 aliphatic heterocycles. The number of pyridine rings is 1. The Morgan fingerprint density at radius 2 is 2.29 bits per heavy atom. The van der Waals surface area contributed by atoms with Gasteiger partial charge in [0.05, 0.1) is 13.7 Å². The Balaban J connectivity index is 2.25. The van der Waals surface area contributed by atoms with Gasteiger partial charge >= 0.3 is 0 Å². The predicted molar refractivity (Wildman–Crippen MR) is 65.8 cm³/mol. The number of rotatable bonds is 3. The number of methoxy groups -OCH3 is 1. The third-order valence-corrected chi connectivity index (χ3v) is 2.59. The molecule has 0 unspecified atom stereocenters. The summed E-state index contributed by atoms with van der Waals surface area (Å²) in [6, 6.07) is 5.12. The Hall–Kier alpha value is -1.95. The van der Waals surface area contributed by atoms with E-state index >= 15 is 0 Å². The van der Waals surface area contributed by atoms with E-state index in [0.29, 0.717) is 17.2 Å². The molecule has 0 aliphatic carbocycles. The molecule has 88 valence electrons. The Morgan fingerprint density at radius 3 is 2.88 bits per heavy atom. The third-order valence-electron chi connectivity index (χ3n) is 2.26. The van der Waals surface area contributed by atoms with Crippen molar-refractivity contribution in [2.45, 2.75) is 6.54 Å². The van der Waals surface area contributed by atoms with E-state index in [1.54, 1.807) is 30.1 Å². The van der Waals surface area contributed by atoms with Crippen LogP contribution >= 0.6 is 12.2 Å². The van der Waals surface area contributed by atoms with Crippen molar-refractivity contribution in [3.05, 3.63) is 51.3 Å². The second-order valence-electron chi connectivity index (χ2n) is 3.45. The molecule has 0 aliphatic rings. The van der Waals surface area contributed by atoms with E-state index in [1.807, 2.05) is 6.07 Å². The molecule has 0 spiro atoms. The average Bonchev–Trinajstić information content (AvgIpc) is 2.34. The van der Waals surface area contributed by atoms with Crippen LogP contribution in [-0.2, 0) is 6.54 Å². The minimum Gasteiger partial charge on any atom is -0.481 e. The quantitative estimate of drug-likeness (QED) is 0.834. The number of hydrogen-bond donors (Lipinski definition) is 1. The normalized spacial score (nSPS) is 10.2. The zero-order valence-corrected chi connectivity index (χ0v) is 10.0. The first kappa shape index (κ1) is 11.5. The molecule has 2 aromatic heterocycles. The second-order valence-corrected chi connectivity index (χ2v) is 3.83. The topological polar surface area (TPSA) is 59.9 Å². The Labute approximate surface area is 103 Å². The van der Waals surface area contributed by atoms with Crippen LogP contribution in [0.2, 0.25) is 0 Å². The van der Waals surface area contributed by atoms with Crippen LogP contribution in [-0.4, -0.2) is 21.6 Å². The van der Waals surface area contributed by atoms with E-state index in [1.165, 1.54) is 6.07 Å². The van der Waals surface area contributed by atoms with Gasteiger partial charge in [0.2, 0.25) is 5.88 Å². The highest BCUT2D eigenvalue weighted by Gasteiger charge is 1.98. The van der Waals surface area contributed by atoms with Gasteiger partial charge in [-0.1, -0.05) is 6.07 Å². The van der Waals surface area contributed by atoms with Crippen LogP contribution in [0.5, 0.6) is 5.88 Å². The van der Waals surface area contributed by atoms with Gasteiger partial charge in [-0.05, 0) is 17.8 Å². The molecule has 2 rings (SSSR count). The molecule has 6 heteroatoms. The van der Waals surface area contributed by atoms with Crippen LogP contribution in [0.4, 0.5) is 0 Å². The first-order valence-electron chi connectivity index (χ1n) is 4.98. The molecule has 0 bridgehead atoms. The minimum atomic E-state index is -0.195. The van der Waals surface area contributed by atoms with Gasteiger partial charge in [-0.15, -0.1) is 0 Å². The molecule has 2 aromatic rings. The predicted octanol–water partition coefficient (Wildman–Crippen LogP) is 1.36. The summed E-state index contributed by atoms with van der Waals surface area (Å²) in [6.45, 7) is 0.562. The Bertz CT molecular complexity index is 616. The van der Waals surface area contributed by atoms with Crippen molar-refractivity contribution in [3.63, 3.8) is 0 Å². The molecule has 2 heterocycles. The standard InChI is InChI=1S/C11H11N3O2S/c1-16-10-3-2-8(6-12-10)7-14-5-4-9(15)13-11(14)17/h2-6H,7H2,1H3,(H,13,15,17). The summed E-state index contributed by atoms with van der Waals surface area (Å²) >= 11 is 5.05. The zero-order chi connectivity index (χ0) is 12.3. The molecule has 0 saturated heterocycles. The van der Waals surface area contributed by atoms with Crippen molar-refractivity contribution >= 4 is 12.2 Å². The number of aromatic amines is 1. The number of H-pyrrole nitrogens is 1. The maximum atomic E-state index is 11.0. The summed E-state index contributed by atoms with van der Waals surface area (Å²) in [6.07, 6.45) is 3.37. The summed E-state index contributed by atoms with van der Waals surface area (Å²) in [5.74, 6) is 0.568. The lowest BCUT2D eigenvalue weighted by Gasteiger charge is -2.06. The van der Waals surface area contributed by atoms with Gasteiger partial charge in [0.15, 0.2) is 4.77 Å². The average molecular weight is 249 g/mol. The highest BCUT2D eigenvalue weighted by Crippen LogP contribution is 2.07. The van der Waals surface area contributed by atoms with Crippen LogP contribution < -0.4 is 10.3 Å².